The van der Waals surface area contributed by atoms with Crippen molar-refractivity contribution in [3.8, 4) is 10.8 Å². The molecule has 0 aliphatic carbocycles. The molecule has 1 heterocycles. The van der Waals surface area contributed by atoms with Crippen LogP contribution < -0.4 is 0 Å². The largest absolute Gasteiger partial charge is 0.331 e. The Morgan fingerprint density at radius 2 is 2.50 bits per heavy atom. The maximum absolute atomic E-state index is 11.5. The predicted octanol–water partition coefficient (Wildman–Crippen LogP) is 2.09. The molecule has 1 aliphatic rings. The van der Waals surface area contributed by atoms with Gasteiger partial charge in [0.15, 0.2) is 0 Å². The summed E-state index contributed by atoms with van der Waals surface area (Å²) in [5.74, 6) is 3.59. The summed E-state index contributed by atoms with van der Waals surface area (Å²) in [6.45, 7) is 3.88. The number of carbonyl (C=O) groups is 1. The van der Waals surface area contributed by atoms with Crippen molar-refractivity contribution < 1.29 is 4.79 Å². The van der Waals surface area contributed by atoms with Gasteiger partial charge in [-0.25, -0.2) is 0 Å². The fourth-order valence-electron chi connectivity index (χ4n) is 1.61. The Hall–Kier alpha value is -0.140. The van der Waals surface area contributed by atoms with Gasteiger partial charge in [-0.2, -0.15) is 11.8 Å². The van der Waals surface area contributed by atoms with E-state index in [0.29, 0.717) is 5.25 Å². The van der Waals surface area contributed by atoms with E-state index in [-0.39, 0.29) is 5.91 Å². The third kappa shape index (κ3) is 3.55. The van der Waals surface area contributed by atoms with E-state index in [9.17, 15) is 4.79 Å². The minimum Gasteiger partial charge on any atom is -0.331 e. The number of likely N-dealkylation sites (tertiary alicyclic amines) is 1. The molecule has 1 fully saturated rings. The number of thioether (sulfide) groups is 1. The van der Waals surface area contributed by atoms with E-state index in [1.807, 2.05) is 16.7 Å². The maximum atomic E-state index is 11.5. The van der Waals surface area contributed by atoms with Crippen LogP contribution in [0.3, 0.4) is 0 Å². The Bertz CT molecular complexity index is 257. The van der Waals surface area contributed by atoms with E-state index < -0.39 is 0 Å². The van der Waals surface area contributed by atoms with Crippen LogP contribution in [0.25, 0.3) is 0 Å². The Kier molecular flexibility index (Phi) is 5.42. The highest BCUT2D eigenvalue weighted by molar-refractivity contribution is 9.12. The fourth-order valence-corrected chi connectivity index (χ4v) is 2.87. The minimum absolute atomic E-state index is 0.0525. The van der Waals surface area contributed by atoms with Crippen molar-refractivity contribution in [1.29, 1.82) is 0 Å². The first-order valence-electron chi connectivity index (χ1n) is 4.80. The number of hydrogen-bond donors (Lipinski definition) is 0. The number of nitrogens with zero attached hydrogens (tertiary/aromatic N) is 1. The van der Waals surface area contributed by atoms with E-state index in [1.54, 1.807) is 0 Å². The summed E-state index contributed by atoms with van der Waals surface area (Å²) in [5, 5.41) is 0.606. The number of amides is 1. The Balaban J connectivity index is 2.45. The van der Waals surface area contributed by atoms with Crippen LogP contribution in [0, 0.1) is 10.8 Å². The molecule has 78 valence electrons. The van der Waals surface area contributed by atoms with Crippen molar-refractivity contribution in [2.45, 2.75) is 25.0 Å². The van der Waals surface area contributed by atoms with Gasteiger partial charge in [-0.05, 0) is 23.4 Å². The first-order valence-corrected chi connectivity index (χ1v) is 6.64. The number of piperidine rings is 1. The summed E-state index contributed by atoms with van der Waals surface area (Å²) in [6, 6.07) is 0. The lowest BCUT2D eigenvalue weighted by Gasteiger charge is -2.30. The molecule has 0 aromatic heterocycles. The second-order valence-corrected chi connectivity index (χ2v) is 5.16. The molecule has 0 aromatic rings. The van der Waals surface area contributed by atoms with Crippen LogP contribution in [-0.4, -0.2) is 34.9 Å². The fraction of sp³-hybridized carbons (Fsp3) is 0.700. The molecule has 1 rings (SSSR count). The van der Waals surface area contributed by atoms with Gasteiger partial charge in [-0.3, -0.25) is 4.79 Å². The molecule has 0 bridgehead atoms. The lowest BCUT2D eigenvalue weighted by Crippen LogP contribution is -2.40. The smallest absolute Gasteiger partial charge is 0.299 e. The molecule has 1 saturated heterocycles. The Morgan fingerprint density at radius 3 is 3.14 bits per heavy atom. The van der Waals surface area contributed by atoms with Gasteiger partial charge in [0.2, 0.25) is 0 Å². The maximum Gasteiger partial charge on any atom is 0.299 e. The number of hydrogen-bond acceptors (Lipinski definition) is 2. The molecule has 4 heteroatoms. The van der Waals surface area contributed by atoms with Crippen molar-refractivity contribution in [3.05, 3.63) is 0 Å². The lowest BCUT2D eigenvalue weighted by atomic mass is 10.1. The first-order chi connectivity index (χ1) is 6.77. The number of rotatable bonds is 2. The molecule has 0 spiro atoms. The van der Waals surface area contributed by atoms with Gasteiger partial charge >= 0.3 is 0 Å². The van der Waals surface area contributed by atoms with E-state index >= 15 is 0 Å². The van der Waals surface area contributed by atoms with Gasteiger partial charge < -0.3 is 4.90 Å². The monoisotopic (exact) mass is 275 g/mol. The summed E-state index contributed by atoms with van der Waals surface area (Å²) in [4.78, 5) is 15.8. The zero-order chi connectivity index (χ0) is 10.4. The summed E-state index contributed by atoms with van der Waals surface area (Å²) < 4.78 is 0. The second kappa shape index (κ2) is 6.36. The molecule has 0 N–H and O–H groups in total. The zero-order valence-corrected chi connectivity index (χ0v) is 10.7. The number of carbonyl (C=O) groups excluding carboxylic acids is 1. The highest BCUT2D eigenvalue weighted by atomic mass is 79.9. The highest BCUT2D eigenvalue weighted by Crippen LogP contribution is 2.21. The van der Waals surface area contributed by atoms with Crippen molar-refractivity contribution in [2.24, 2.45) is 0 Å². The van der Waals surface area contributed by atoms with Crippen LogP contribution in [0.15, 0.2) is 0 Å². The molecule has 0 radical (unpaired) electrons. The van der Waals surface area contributed by atoms with Crippen LogP contribution in [0.1, 0.15) is 19.8 Å². The molecule has 1 atom stereocenters. The van der Waals surface area contributed by atoms with Crippen LogP contribution in [-0.2, 0) is 4.79 Å². The zero-order valence-electron chi connectivity index (χ0n) is 8.25. The predicted molar refractivity (Wildman–Crippen MR) is 64.4 cm³/mol. The van der Waals surface area contributed by atoms with Gasteiger partial charge in [-0.1, -0.05) is 6.92 Å². The molecule has 0 saturated carbocycles. The molecule has 1 aliphatic heterocycles. The minimum atomic E-state index is -0.0525. The highest BCUT2D eigenvalue weighted by Gasteiger charge is 2.22. The molecule has 2 nitrogen and oxygen atoms in total. The number of halogens is 1. The van der Waals surface area contributed by atoms with Crippen molar-refractivity contribution in [2.75, 3.05) is 18.8 Å². The van der Waals surface area contributed by atoms with E-state index in [4.69, 9.17) is 0 Å². The quantitative estimate of drug-likeness (QED) is 0.720. The third-order valence-corrected chi connectivity index (χ3v) is 3.61. The van der Waals surface area contributed by atoms with Crippen molar-refractivity contribution >= 4 is 33.6 Å². The SMILES string of the molecule is CCSC1CCCN(C(=O)C#CBr)C1. The Labute approximate surface area is 97.9 Å². The van der Waals surface area contributed by atoms with Crippen molar-refractivity contribution in [1.82, 2.24) is 4.90 Å². The summed E-state index contributed by atoms with van der Waals surface area (Å²) >= 11 is 4.89. The Morgan fingerprint density at radius 1 is 1.71 bits per heavy atom. The molecule has 1 amide bonds. The normalized spacial score (nSPS) is 21.3. The summed E-state index contributed by atoms with van der Waals surface area (Å²) in [7, 11) is 0. The molecule has 1 unspecified atom stereocenters. The summed E-state index contributed by atoms with van der Waals surface area (Å²) in [5.41, 5.74) is 0. The second-order valence-electron chi connectivity index (χ2n) is 3.19. The standard InChI is InChI=1S/C10H14BrNOS/c1-2-14-9-4-3-7-12(8-9)10(13)5-6-11/h9H,2-4,7-8H2,1H3. The van der Waals surface area contributed by atoms with Gasteiger partial charge in [0.05, 0.1) is 0 Å². The van der Waals surface area contributed by atoms with Crippen LogP contribution in [0.2, 0.25) is 0 Å². The molecular weight excluding hydrogens is 262 g/mol. The molecular formula is C10H14BrNOS. The molecule has 0 aromatic carbocycles. The average molecular weight is 276 g/mol. The third-order valence-electron chi connectivity index (χ3n) is 2.22. The van der Waals surface area contributed by atoms with Gasteiger partial charge in [0.25, 0.3) is 5.91 Å². The van der Waals surface area contributed by atoms with Crippen LogP contribution >= 0.6 is 27.7 Å². The van der Waals surface area contributed by atoms with Gasteiger partial charge in [0.1, 0.15) is 0 Å². The van der Waals surface area contributed by atoms with Gasteiger partial charge in [0, 0.05) is 40.2 Å². The molecule has 14 heavy (non-hydrogen) atoms. The first kappa shape index (κ1) is 11.9. The summed E-state index contributed by atoms with van der Waals surface area (Å²) in [6.07, 6.45) is 2.33. The van der Waals surface area contributed by atoms with E-state index in [2.05, 4.69) is 33.6 Å². The van der Waals surface area contributed by atoms with E-state index in [1.165, 1.54) is 6.42 Å². The lowest BCUT2D eigenvalue weighted by molar-refractivity contribution is -0.125. The average Bonchev–Trinajstić information content (AvgIpc) is 2.19. The topological polar surface area (TPSA) is 20.3 Å². The van der Waals surface area contributed by atoms with Crippen LogP contribution in [0.5, 0.6) is 0 Å². The van der Waals surface area contributed by atoms with Crippen LogP contribution in [0.4, 0.5) is 0 Å². The van der Waals surface area contributed by atoms with Gasteiger partial charge in [-0.15, -0.1) is 0 Å². The van der Waals surface area contributed by atoms with Crippen molar-refractivity contribution in [3.63, 3.8) is 0 Å². The van der Waals surface area contributed by atoms with E-state index in [0.717, 1.165) is 25.3 Å².